The average molecular weight is 409 g/mol. The standard InChI is InChI=1S/C21H26Cl2N2O2/c1-3-25(4-2)13-14-27-19-10-8-18(9-11-19)24-21(26)12-6-16-5-7-17(22)15-20(16)23/h5,7-11,15H,3-4,6,12-14H2,1-2H3,(H,24,26). The number of carbonyl (C=O) groups is 1. The van der Waals surface area contributed by atoms with Crippen molar-refractivity contribution in [1.29, 1.82) is 0 Å². The highest BCUT2D eigenvalue weighted by Crippen LogP contribution is 2.22. The van der Waals surface area contributed by atoms with Crippen LogP contribution in [0.1, 0.15) is 25.8 Å². The maximum Gasteiger partial charge on any atom is 0.224 e. The summed E-state index contributed by atoms with van der Waals surface area (Å²) in [6.45, 7) is 7.87. The van der Waals surface area contributed by atoms with E-state index >= 15 is 0 Å². The molecule has 27 heavy (non-hydrogen) atoms. The summed E-state index contributed by atoms with van der Waals surface area (Å²) in [5.74, 6) is 0.740. The maximum atomic E-state index is 12.1. The summed E-state index contributed by atoms with van der Waals surface area (Å²) in [7, 11) is 0. The molecule has 0 atom stereocenters. The van der Waals surface area contributed by atoms with E-state index < -0.39 is 0 Å². The predicted octanol–water partition coefficient (Wildman–Crippen LogP) is 5.29. The van der Waals surface area contributed by atoms with E-state index in [9.17, 15) is 4.79 Å². The molecule has 0 aliphatic carbocycles. The van der Waals surface area contributed by atoms with Crippen molar-refractivity contribution < 1.29 is 9.53 Å². The lowest BCUT2D eigenvalue weighted by Gasteiger charge is -2.18. The van der Waals surface area contributed by atoms with E-state index in [1.54, 1.807) is 12.1 Å². The van der Waals surface area contributed by atoms with Crippen LogP contribution in [0.25, 0.3) is 0 Å². The van der Waals surface area contributed by atoms with Gasteiger partial charge >= 0.3 is 0 Å². The van der Waals surface area contributed by atoms with Gasteiger partial charge in [-0.1, -0.05) is 43.1 Å². The van der Waals surface area contributed by atoms with E-state index in [2.05, 4.69) is 24.1 Å². The van der Waals surface area contributed by atoms with Crippen LogP contribution in [-0.2, 0) is 11.2 Å². The minimum absolute atomic E-state index is 0.0591. The number of nitrogens with one attached hydrogen (secondary N) is 1. The van der Waals surface area contributed by atoms with Crippen molar-refractivity contribution in [2.24, 2.45) is 0 Å². The number of halogens is 2. The van der Waals surface area contributed by atoms with Gasteiger partial charge in [-0.05, 0) is 61.5 Å². The molecule has 0 fully saturated rings. The number of ether oxygens (including phenoxy) is 1. The van der Waals surface area contributed by atoms with Crippen molar-refractivity contribution in [3.05, 3.63) is 58.1 Å². The number of benzene rings is 2. The SMILES string of the molecule is CCN(CC)CCOc1ccc(NC(=O)CCc2ccc(Cl)cc2Cl)cc1. The van der Waals surface area contributed by atoms with Crippen molar-refractivity contribution in [2.45, 2.75) is 26.7 Å². The Hall–Kier alpha value is -1.75. The molecule has 0 radical (unpaired) electrons. The molecule has 146 valence electrons. The summed E-state index contributed by atoms with van der Waals surface area (Å²) in [5.41, 5.74) is 1.66. The zero-order chi connectivity index (χ0) is 19.6. The first-order chi connectivity index (χ1) is 13.0. The molecule has 0 saturated heterocycles. The number of hydrogen-bond donors (Lipinski definition) is 1. The fourth-order valence-corrected chi connectivity index (χ4v) is 3.17. The van der Waals surface area contributed by atoms with Crippen LogP contribution in [0.3, 0.4) is 0 Å². The zero-order valence-electron chi connectivity index (χ0n) is 15.8. The van der Waals surface area contributed by atoms with Crippen LogP contribution in [0, 0.1) is 0 Å². The second-order valence-corrected chi connectivity index (χ2v) is 7.03. The molecule has 0 aliphatic rings. The second-order valence-electron chi connectivity index (χ2n) is 6.18. The highest BCUT2D eigenvalue weighted by atomic mass is 35.5. The Labute approximate surface area is 171 Å². The van der Waals surface area contributed by atoms with Crippen LogP contribution in [0.15, 0.2) is 42.5 Å². The molecule has 0 saturated carbocycles. The highest BCUT2D eigenvalue weighted by Gasteiger charge is 2.07. The summed E-state index contributed by atoms with van der Waals surface area (Å²) in [5, 5.41) is 4.07. The molecule has 0 unspecified atom stereocenters. The normalized spacial score (nSPS) is 10.9. The van der Waals surface area contributed by atoms with Crippen molar-refractivity contribution in [1.82, 2.24) is 4.90 Å². The Morgan fingerprint density at radius 1 is 1.07 bits per heavy atom. The van der Waals surface area contributed by atoms with Gasteiger partial charge < -0.3 is 15.0 Å². The molecule has 4 nitrogen and oxygen atoms in total. The van der Waals surface area contributed by atoms with Crippen LogP contribution >= 0.6 is 23.2 Å². The fraction of sp³-hybridized carbons (Fsp3) is 0.381. The molecule has 0 bridgehead atoms. The first-order valence-corrected chi connectivity index (χ1v) is 9.96. The number of rotatable bonds is 10. The van der Waals surface area contributed by atoms with Gasteiger partial charge in [-0.25, -0.2) is 0 Å². The molecule has 0 spiro atoms. The van der Waals surface area contributed by atoms with Crippen LogP contribution in [0.5, 0.6) is 5.75 Å². The van der Waals surface area contributed by atoms with Crippen molar-refractivity contribution in [3.63, 3.8) is 0 Å². The number of likely N-dealkylation sites (N-methyl/N-ethyl adjacent to an activating group) is 1. The highest BCUT2D eigenvalue weighted by molar-refractivity contribution is 6.35. The molecular weight excluding hydrogens is 383 g/mol. The Morgan fingerprint density at radius 2 is 1.78 bits per heavy atom. The number of aryl methyl sites for hydroxylation is 1. The quantitative estimate of drug-likeness (QED) is 0.580. The van der Waals surface area contributed by atoms with Crippen LogP contribution in [0.2, 0.25) is 10.0 Å². The molecule has 0 aliphatic heterocycles. The third kappa shape index (κ3) is 7.41. The fourth-order valence-electron chi connectivity index (χ4n) is 2.66. The van der Waals surface area contributed by atoms with Gasteiger partial charge in [0.25, 0.3) is 0 Å². The summed E-state index contributed by atoms with van der Waals surface area (Å²) in [6.07, 6.45) is 0.915. The minimum atomic E-state index is -0.0591. The van der Waals surface area contributed by atoms with Crippen molar-refractivity contribution in [3.8, 4) is 5.75 Å². The van der Waals surface area contributed by atoms with E-state index in [1.165, 1.54) is 0 Å². The molecule has 0 aromatic heterocycles. The van der Waals surface area contributed by atoms with Crippen LogP contribution in [0.4, 0.5) is 5.69 Å². The zero-order valence-corrected chi connectivity index (χ0v) is 17.3. The Bertz CT molecular complexity index is 731. The van der Waals surface area contributed by atoms with Gasteiger partial charge in [-0.3, -0.25) is 4.79 Å². The summed E-state index contributed by atoms with van der Waals surface area (Å²) in [4.78, 5) is 14.5. The smallest absolute Gasteiger partial charge is 0.224 e. The molecular formula is C21H26Cl2N2O2. The number of nitrogens with zero attached hydrogens (tertiary/aromatic N) is 1. The summed E-state index contributed by atoms with van der Waals surface area (Å²) < 4.78 is 5.75. The molecule has 2 aromatic rings. The lowest BCUT2D eigenvalue weighted by molar-refractivity contribution is -0.116. The number of carbonyl (C=O) groups excluding carboxylic acids is 1. The van der Waals surface area contributed by atoms with Crippen molar-refractivity contribution in [2.75, 3.05) is 31.6 Å². The monoisotopic (exact) mass is 408 g/mol. The molecule has 1 N–H and O–H groups in total. The average Bonchev–Trinajstić information content (AvgIpc) is 2.66. The second kappa shape index (κ2) is 11.2. The molecule has 1 amide bonds. The van der Waals surface area contributed by atoms with Gasteiger partial charge in [-0.15, -0.1) is 0 Å². The van der Waals surface area contributed by atoms with E-state index in [-0.39, 0.29) is 5.91 Å². The molecule has 2 aromatic carbocycles. The number of amides is 1. The Balaban J connectivity index is 1.77. The van der Waals surface area contributed by atoms with Gasteiger partial charge in [-0.2, -0.15) is 0 Å². The van der Waals surface area contributed by atoms with Gasteiger partial charge in [0.1, 0.15) is 12.4 Å². The maximum absolute atomic E-state index is 12.1. The molecule has 0 heterocycles. The van der Waals surface area contributed by atoms with E-state index in [0.717, 1.165) is 36.6 Å². The third-order valence-corrected chi connectivity index (χ3v) is 4.93. The first kappa shape index (κ1) is 21.5. The third-order valence-electron chi connectivity index (χ3n) is 4.35. The number of anilines is 1. The van der Waals surface area contributed by atoms with E-state index in [1.807, 2.05) is 30.3 Å². The van der Waals surface area contributed by atoms with Crippen LogP contribution < -0.4 is 10.1 Å². The Kier molecular flexibility index (Phi) is 8.92. The van der Waals surface area contributed by atoms with E-state index in [0.29, 0.717) is 29.5 Å². The summed E-state index contributed by atoms with van der Waals surface area (Å²) in [6, 6.07) is 12.7. The molecule has 2 rings (SSSR count). The predicted molar refractivity (Wildman–Crippen MR) is 113 cm³/mol. The topological polar surface area (TPSA) is 41.6 Å². The van der Waals surface area contributed by atoms with Crippen molar-refractivity contribution >= 4 is 34.8 Å². The lowest BCUT2D eigenvalue weighted by atomic mass is 10.1. The summed E-state index contributed by atoms with van der Waals surface area (Å²) >= 11 is 12.0. The van der Waals surface area contributed by atoms with Crippen LogP contribution in [-0.4, -0.2) is 37.0 Å². The van der Waals surface area contributed by atoms with Gasteiger partial charge in [0.2, 0.25) is 5.91 Å². The van der Waals surface area contributed by atoms with Gasteiger partial charge in [0.05, 0.1) is 0 Å². The van der Waals surface area contributed by atoms with E-state index in [4.69, 9.17) is 27.9 Å². The first-order valence-electron chi connectivity index (χ1n) is 9.20. The van der Waals surface area contributed by atoms with Gasteiger partial charge in [0, 0.05) is 28.7 Å². The molecule has 6 heteroatoms. The Morgan fingerprint density at radius 3 is 2.41 bits per heavy atom. The minimum Gasteiger partial charge on any atom is -0.492 e. The lowest BCUT2D eigenvalue weighted by Crippen LogP contribution is -2.27. The largest absolute Gasteiger partial charge is 0.492 e. The van der Waals surface area contributed by atoms with Gasteiger partial charge in [0.15, 0.2) is 0 Å². The number of hydrogen-bond acceptors (Lipinski definition) is 3.